The van der Waals surface area contributed by atoms with Gasteiger partial charge >= 0.3 is 0 Å². The van der Waals surface area contributed by atoms with Gasteiger partial charge in [0.1, 0.15) is 5.76 Å². The van der Waals surface area contributed by atoms with Crippen LogP contribution in [0, 0.1) is 27.7 Å². The minimum atomic E-state index is -0.202. The maximum Gasteiger partial charge on any atom is 0.255 e. The zero-order valence-corrected chi connectivity index (χ0v) is 22.7. The monoisotopic (exact) mass is 492 g/mol. The molecule has 0 radical (unpaired) electrons. The Balaban J connectivity index is 2.12. The molecular weight excluding hydrogens is 456 g/mol. The molecule has 4 rings (SSSR count). The quantitative estimate of drug-likeness (QED) is 0.203. The van der Waals surface area contributed by atoms with Crippen LogP contribution in [0.25, 0.3) is 33.9 Å². The van der Waals surface area contributed by atoms with Crippen molar-refractivity contribution in [3.8, 4) is 11.1 Å². The highest BCUT2D eigenvalue weighted by atomic mass is 16.3. The molecule has 0 bridgehead atoms. The summed E-state index contributed by atoms with van der Waals surface area (Å²) in [5, 5.41) is 11.9. The van der Waals surface area contributed by atoms with E-state index >= 15 is 0 Å². The lowest BCUT2D eigenvalue weighted by Crippen LogP contribution is -2.10. The molecule has 2 aromatic carbocycles. The molecule has 0 aliphatic heterocycles. The first-order chi connectivity index (χ1) is 17.5. The average molecular weight is 493 g/mol. The van der Waals surface area contributed by atoms with Crippen molar-refractivity contribution in [1.29, 1.82) is 0 Å². The number of aromatic nitrogens is 2. The number of hydrogen-bond acceptors (Lipinski definition) is 2. The summed E-state index contributed by atoms with van der Waals surface area (Å²) in [6.07, 6.45) is 6.57. The van der Waals surface area contributed by atoms with Crippen molar-refractivity contribution in [1.82, 2.24) is 9.55 Å². The Morgan fingerprint density at radius 2 is 1.76 bits per heavy atom. The van der Waals surface area contributed by atoms with Gasteiger partial charge in [-0.05, 0) is 105 Å². The zero-order chi connectivity index (χ0) is 27.0. The highest BCUT2D eigenvalue weighted by molar-refractivity contribution is 6.05. The molecule has 37 heavy (non-hydrogen) atoms. The van der Waals surface area contributed by atoms with Crippen molar-refractivity contribution in [2.45, 2.75) is 54.5 Å². The molecule has 0 saturated carbocycles. The van der Waals surface area contributed by atoms with Crippen LogP contribution in [0.5, 0.6) is 0 Å². The van der Waals surface area contributed by atoms with Crippen LogP contribution in [0.2, 0.25) is 0 Å². The Kier molecular flexibility index (Phi) is 7.13. The summed E-state index contributed by atoms with van der Waals surface area (Å²) >= 11 is 0. The molecule has 190 valence electrons. The molecule has 0 spiro atoms. The van der Waals surface area contributed by atoms with Crippen molar-refractivity contribution < 1.29 is 5.11 Å². The highest BCUT2D eigenvalue weighted by Crippen LogP contribution is 2.41. The van der Waals surface area contributed by atoms with Crippen LogP contribution in [-0.2, 0) is 13.0 Å². The number of benzene rings is 2. The predicted molar refractivity (Wildman–Crippen MR) is 157 cm³/mol. The number of aromatic amines is 1. The van der Waals surface area contributed by atoms with Crippen LogP contribution in [0.15, 0.2) is 66.1 Å². The smallest absolute Gasteiger partial charge is 0.255 e. The summed E-state index contributed by atoms with van der Waals surface area (Å²) in [5.41, 5.74) is 11.8. The summed E-state index contributed by atoms with van der Waals surface area (Å²) in [7, 11) is 0. The minimum absolute atomic E-state index is 0.0639. The Bertz CT molecular complexity index is 1640. The SMILES string of the molecule is C=C(C)Cc1cc(Cn2c(C(=C)O)c(-c3ccc[nH]c3=O)c3c(C)c(/C=C\C)c(C)cc32)c(C)cc1C. The molecule has 2 heterocycles. The molecule has 0 fully saturated rings. The van der Waals surface area contributed by atoms with Gasteiger partial charge in [0.05, 0.1) is 11.2 Å². The molecule has 0 aliphatic carbocycles. The Morgan fingerprint density at radius 3 is 2.38 bits per heavy atom. The number of nitrogens with one attached hydrogen (secondary N) is 1. The maximum atomic E-state index is 13.0. The van der Waals surface area contributed by atoms with Crippen LogP contribution in [0.1, 0.15) is 58.5 Å². The third kappa shape index (κ3) is 4.72. The normalized spacial score (nSPS) is 11.5. The molecular formula is C33H36N2O2. The van der Waals surface area contributed by atoms with Gasteiger partial charge in [0.15, 0.2) is 0 Å². The van der Waals surface area contributed by atoms with Crippen LogP contribution in [0.4, 0.5) is 0 Å². The van der Waals surface area contributed by atoms with Gasteiger partial charge in [-0.1, -0.05) is 43.0 Å². The number of H-pyrrole nitrogens is 1. The second-order valence-electron chi connectivity index (χ2n) is 10.1. The lowest BCUT2D eigenvalue weighted by molar-refractivity contribution is 0.506. The summed E-state index contributed by atoms with van der Waals surface area (Å²) < 4.78 is 2.11. The van der Waals surface area contributed by atoms with E-state index in [2.05, 4.69) is 74.7 Å². The van der Waals surface area contributed by atoms with E-state index in [0.717, 1.165) is 45.2 Å². The van der Waals surface area contributed by atoms with E-state index in [1.807, 2.05) is 26.0 Å². The summed E-state index contributed by atoms with van der Waals surface area (Å²) in [4.78, 5) is 15.8. The van der Waals surface area contributed by atoms with Gasteiger partial charge in [0.25, 0.3) is 5.56 Å². The van der Waals surface area contributed by atoms with Gasteiger partial charge in [-0.3, -0.25) is 4.79 Å². The van der Waals surface area contributed by atoms with Gasteiger partial charge in [-0.15, -0.1) is 0 Å². The van der Waals surface area contributed by atoms with Gasteiger partial charge in [-0.25, -0.2) is 0 Å². The van der Waals surface area contributed by atoms with Crippen molar-refractivity contribution >= 4 is 22.7 Å². The molecule has 4 aromatic rings. The summed E-state index contributed by atoms with van der Waals surface area (Å²) in [5.74, 6) is -0.0639. The fourth-order valence-electron chi connectivity index (χ4n) is 5.45. The number of aryl methyl sites for hydroxylation is 4. The van der Waals surface area contributed by atoms with E-state index in [1.165, 1.54) is 16.7 Å². The number of rotatable bonds is 7. The molecule has 0 saturated heterocycles. The Labute approximate surface area is 219 Å². The molecule has 0 amide bonds. The number of aliphatic hydroxyl groups excluding tert-OH is 1. The van der Waals surface area contributed by atoms with Crippen molar-refractivity contribution in [2.24, 2.45) is 0 Å². The van der Waals surface area contributed by atoms with Crippen LogP contribution >= 0.6 is 0 Å². The third-order valence-electron chi connectivity index (χ3n) is 7.17. The molecule has 2 N–H and O–H groups in total. The maximum absolute atomic E-state index is 13.0. The first-order valence-corrected chi connectivity index (χ1v) is 12.6. The Morgan fingerprint density at radius 1 is 1.05 bits per heavy atom. The van der Waals surface area contributed by atoms with E-state index in [-0.39, 0.29) is 11.3 Å². The first kappa shape index (κ1) is 26.0. The van der Waals surface area contributed by atoms with E-state index < -0.39 is 0 Å². The van der Waals surface area contributed by atoms with E-state index in [1.54, 1.807) is 12.3 Å². The molecule has 4 heteroatoms. The number of fused-ring (bicyclic) bond motifs is 1. The van der Waals surface area contributed by atoms with Crippen molar-refractivity contribution in [2.75, 3.05) is 0 Å². The fraction of sp³-hybridized carbons (Fsp3) is 0.242. The number of pyridine rings is 1. The number of hydrogen-bond donors (Lipinski definition) is 2. The highest BCUT2D eigenvalue weighted by Gasteiger charge is 2.25. The fourth-order valence-corrected chi connectivity index (χ4v) is 5.45. The number of nitrogens with zero attached hydrogens (tertiary/aromatic N) is 1. The van der Waals surface area contributed by atoms with Gasteiger partial charge in [0, 0.05) is 29.3 Å². The second kappa shape index (κ2) is 10.1. The number of aliphatic hydroxyl groups is 1. The molecule has 2 aromatic heterocycles. The van der Waals surface area contributed by atoms with Crippen molar-refractivity contribution in [3.05, 3.63) is 116 Å². The largest absolute Gasteiger partial charge is 0.506 e. The van der Waals surface area contributed by atoms with E-state index in [0.29, 0.717) is 23.4 Å². The van der Waals surface area contributed by atoms with E-state index in [4.69, 9.17) is 0 Å². The molecule has 0 unspecified atom stereocenters. The van der Waals surface area contributed by atoms with Gasteiger partial charge in [-0.2, -0.15) is 0 Å². The van der Waals surface area contributed by atoms with Crippen LogP contribution in [0.3, 0.4) is 0 Å². The molecule has 0 aliphatic rings. The first-order valence-electron chi connectivity index (χ1n) is 12.6. The predicted octanol–water partition coefficient (Wildman–Crippen LogP) is 7.96. The topological polar surface area (TPSA) is 58.0 Å². The van der Waals surface area contributed by atoms with Gasteiger partial charge in [0.2, 0.25) is 0 Å². The standard InChI is InChI=1S/C33H36N2O2/c1-9-11-27-22(6)16-29-30(23(27)7)31(28-12-10-13-34-33(28)37)32(24(8)36)35(29)18-26-17-25(14-19(2)3)20(4)15-21(26)5/h9-13,15-17,36H,2,8,14,18H2,1,3-7H3,(H,34,37)/b11-9-. The lowest BCUT2D eigenvalue weighted by atomic mass is 9.93. The second-order valence-corrected chi connectivity index (χ2v) is 10.1. The van der Waals surface area contributed by atoms with Crippen molar-refractivity contribution in [3.63, 3.8) is 0 Å². The van der Waals surface area contributed by atoms with E-state index in [9.17, 15) is 9.90 Å². The average Bonchev–Trinajstić information content (AvgIpc) is 3.13. The Hall–Kier alpha value is -4.05. The molecule has 4 nitrogen and oxygen atoms in total. The summed E-state index contributed by atoms with van der Waals surface area (Å²) in [6.45, 7) is 21.1. The van der Waals surface area contributed by atoms with Crippen LogP contribution < -0.4 is 5.56 Å². The summed E-state index contributed by atoms with van der Waals surface area (Å²) in [6, 6.07) is 10.2. The lowest BCUT2D eigenvalue weighted by Gasteiger charge is -2.17. The van der Waals surface area contributed by atoms with Gasteiger partial charge < -0.3 is 14.7 Å². The minimum Gasteiger partial charge on any atom is -0.506 e. The zero-order valence-electron chi connectivity index (χ0n) is 22.7. The third-order valence-corrected chi connectivity index (χ3v) is 7.17. The van der Waals surface area contributed by atoms with Crippen LogP contribution in [-0.4, -0.2) is 14.7 Å². The number of allylic oxidation sites excluding steroid dienone is 2. The molecule has 0 atom stereocenters.